The number of carbonyl (C=O) groups is 1. The second-order valence-electron chi connectivity index (χ2n) is 12.2. The molecule has 0 bridgehead atoms. The number of benzene rings is 4. The van der Waals surface area contributed by atoms with E-state index in [0.717, 1.165) is 40.4 Å². The molecule has 252 valence electrons. The second-order valence-corrected chi connectivity index (χ2v) is 13.0. The van der Waals surface area contributed by atoms with Crippen molar-refractivity contribution >= 4 is 51.8 Å². The molecular weight excluding hydrogens is 675 g/mol. The lowest BCUT2D eigenvalue weighted by Gasteiger charge is -2.09. The maximum atomic E-state index is 12.7. The van der Waals surface area contributed by atoms with Gasteiger partial charge >= 0.3 is 0 Å². The molecule has 0 unspecified atom stereocenters. The molecule has 7 nitrogen and oxygen atoms in total. The molecule has 0 atom stereocenters. The fraction of sp³-hybridized carbons (Fsp3) is 0.0714. The minimum Gasteiger partial charge on any atom is -0.378 e. The highest BCUT2D eigenvalue weighted by Gasteiger charge is 2.17. The van der Waals surface area contributed by atoms with Gasteiger partial charge in [0.25, 0.3) is 5.91 Å². The predicted molar refractivity (Wildman–Crippen MR) is 209 cm³/mol. The van der Waals surface area contributed by atoms with Gasteiger partial charge in [0.2, 0.25) is 0 Å². The molecule has 0 aliphatic rings. The van der Waals surface area contributed by atoms with Crippen LogP contribution in [0.1, 0.15) is 27.0 Å². The normalized spacial score (nSPS) is 10.9. The van der Waals surface area contributed by atoms with Crippen molar-refractivity contribution in [3.63, 3.8) is 0 Å². The van der Waals surface area contributed by atoms with Crippen LogP contribution >= 0.6 is 23.2 Å². The molecule has 8 rings (SSSR count). The van der Waals surface area contributed by atoms with Gasteiger partial charge in [-0.15, -0.1) is 0 Å². The Balaban J connectivity index is 0.000000159. The lowest BCUT2D eigenvalue weighted by molar-refractivity contribution is 0.102. The number of nitrogens with one attached hydrogen (secondary N) is 2. The summed E-state index contributed by atoms with van der Waals surface area (Å²) < 4.78 is 3.98. The van der Waals surface area contributed by atoms with Gasteiger partial charge in [0, 0.05) is 42.5 Å². The van der Waals surface area contributed by atoms with Gasteiger partial charge in [0.05, 0.1) is 38.4 Å². The number of pyridine rings is 2. The van der Waals surface area contributed by atoms with Crippen LogP contribution in [0, 0.1) is 13.8 Å². The van der Waals surface area contributed by atoms with Crippen molar-refractivity contribution in [3.8, 4) is 22.5 Å². The Labute approximate surface area is 306 Å². The zero-order chi connectivity index (χ0) is 35.3. The maximum Gasteiger partial charge on any atom is 0.258 e. The SMILES string of the molecule is Cc1ccc(-c2cn3cc(C)cc(NCc4ccccc4)c3n2)cc1.O=C(Nc1cccn2cc(-c3ccccc3)nc12)c1c(Cl)cccc1Cl. The summed E-state index contributed by atoms with van der Waals surface area (Å²) in [5.41, 5.74) is 11.2. The van der Waals surface area contributed by atoms with Crippen LogP contribution in [0.3, 0.4) is 0 Å². The average Bonchev–Trinajstić information content (AvgIpc) is 3.78. The minimum atomic E-state index is -0.377. The molecule has 0 saturated carbocycles. The molecule has 2 N–H and O–H groups in total. The van der Waals surface area contributed by atoms with Gasteiger partial charge in [-0.1, -0.05) is 120 Å². The Kier molecular flexibility index (Phi) is 9.83. The van der Waals surface area contributed by atoms with E-state index in [2.05, 4.69) is 101 Å². The Morgan fingerprint density at radius 1 is 0.627 bits per heavy atom. The third-order valence-electron chi connectivity index (χ3n) is 8.35. The van der Waals surface area contributed by atoms with E-state index in [1.165, 1.54) is 16.7 Å². The fourth-order valence-electron chi connectivity index (χ4n) is 5.78. The number of fused-ring (bicyclic) bond motifs is 2. The van der Waals surface area contributed by atoms with Crippen molar-refractivity contribution in [2.75, 3.05) is 10.6 Å². The summed E-state index contributed by atoms with van der Waals surface area (Å²) in [6.45, 7) is 4.99. The van der Waals surface area contributed by atoms with E-state index in [9.17, 15) is 4.79 Å². The summed E-state index contributed by atoms with van der Waals surface area (Å²) in [7, 11) is 0. The molecule has 4 aromatic heterocycles. The molecule has 51 heavy (non-hydrogen) atoms. The first-order chi connectivity index (χ1) is 24.8. The number of imidazole rings is 2. The first kappa shape index (κ1) is 33.6. The highest BCUT2D eigenvalue weighted by Crippen LogP contribution is 2.28. The second kappa shape index (κ2) is 14.9. The summed E-state index contributed by atoms with van der Waals surface area (Å²) in [5.74, 6) is -0.377. The summed E-state index contributed by atoms with van der Waals surface area (Å²) >= 11 is 12.3. The molecule has 0 radical (unpaired) electrons. The van der Waals surface area contributed by atoms with Crippen LogP contribution in [0.2, 0.25) is 10.0 Å². The summed E-state index contributed by atoms with van der Waals surface area (Å²) in [5, 5.41) is 6.99. The molecule has 0 spiro atoms. The third kappa shape index (κ3) is 7.65. The number of halogens is 2. The monoisotopic (exact) mass is 708 g/mol. The highest BCUT2D eigenvalue weighted by atomic mass is 35.5. The zero-order valence-corrected chi connectivity index (χ0v) is 29.5. The molecular formula is C42H34Cl2N6O. The van der Waals surface area contributed by atoms with Gasteiger partial charge in [-0.05, 0) is 55.3 Å². The van der Waals surface area contributed by atoms with E-state index in [-0.39, 0.29) is 11.5 Å². The first-order valence-electron chi connectivity index (χ1n) is 16.4. The van der Waals surface area contributed by atoms with Crippen LogP contribution in [-0.2, 0) is 6.54 Å². The van der Waals surface area contributed by atoms with Gasteiger partial charge in [-0.25, -0.2) is 9.97 Å². The molecule has 0 saturated heterocycles. The van der Waals surface area contributed by atoms with Gasteiger partial charge in [0.1, 0.15) is 0 Å². The molecule has 0 aliphatic heterocycles. The number of hydrogen-bond donors (Lipinski definition) is 2. The Hall–Kier alpha value is -5.89. The van der Waals surface area contributed by atoms with E-state index in [4.69, 9.17) is 28.2 Å². The van der Waals surface area contributed by atoms with Crippen LogP contribution in [0.15, 0.2) is 146 Å². The quantitative estimate of drug-likeness (QED) is 0.173. The number of nitrogens with zero attached hydrogens (tertiary/aromatic N) is 4. The van der Waals surface area contributed by atoms with Crippen molar-refractivity contribution in [1.29, 1.82) is 0 Å². The van der Waals surface area contributed by atoms with Crippen LogP contribution < -0.4 is 10.6 Å². The number of amides is 1. The topological polar surface area (TPSA) is 75.7 Å². The van der Waals surface area contributed by atoms with E-state index in [1.807, 2.05) is 59.3 Å². The smallest absolute Gasteiger partial charge is 0.258 e. The standard InChI is InChI=1S/C22H21N3.C20H13Cl2N3O/c1-16-8-10-19(11-9-16)21-15-25-14-17(2)12-20(22(25)24-21)23-13-18-6-4-3-5-7-18;21-14-8-4-9-15(22)18(14)20(26)24-16-10-5-11-25-12-17(23-19(16)25)13-6-2-1-3-7-13/h3-12,14-15,23H,13H2,1-2H3;1-12H,(H,24,26). The lowest BCUT2D eigenvalue weighted by atomic mass is 10.1. The fourth-order valence-corrected chi connectivity index (χ4v) is 6.35. The van der Waals surface area contributed by atoms with Gasteiger partial charge in [-0.2, -0.15) is 0 Å². The molecule has 8 aromatic rings. The highest BCUT2D eigenvalue weighted by molar-refractivity contribution is 6.40. The van der Waals surface area contributed by atoms with Crippen LogP contribution in [0.4, 0.5) is 11.4 Å². The molecule has 0 aliphatic carbocycles. The predicted octanol–water partition coefficient (Wildman–Crippen LogP) is 10.8. The summed E-state index contributed by atoms with van der Waals surface area (Å²) in [6.07, 6.45) is 8.02. The molecule has 4 heterocycles. The number of aromatic nitrogens is 4. The Morgan fingerprint density at radius 2 is 1.24 bits per heavy atom. The molecule has 9 heteroatoms. The van der Waals surface area contributed by atoms with Gasteiger partial charge in [0.15, 0.2) is 11.3 Å². The lowest BCUT2D eigenvalue weighted by Crippen LogP contribution is -2.14. The summed E-state index contributed by atoms with van der Waals surface area (Å²) in [6, 6.07) is 39.5. The molecule has 4 aromatic carbocycles. The van der Waals surface area contributed by atoms with E-state index in [1.54, 1.807) is 24.3 Å². The van der Waals surface area contributed by atoms with Gasteiger partial charge in [-0.3, -0.25) is 4.79 Å². The zero-order valence-electron chi connectivity index (χ0n) is 28.0. The maximum absolute atomic E-state index is 12.7. The van der Waals surface area contributed by atoms with E-state index < -0.39 is 0 Å². The number of anilines is 2. The van der Waals surface area contributed by atoms with Crippen LogP contribution in [-0.4, -0.2) is 24.7 Å². The van der Waals surface area contributed by atoms with E-state index in [0.29, 0.717) is 21.4 Å². The number of aryl methyl sites for hydroxylation is 2. The van der Waals surface area contributed by atoms with Crippen LogP contribution in [0.25, 0.3) is 33.8 Å². The van der Waals surface area contributed by atoms with Crippen molar-refractivity contribution < 1.29 is 4.79 Å². The van der Waals surface area contributed by atoms with E-state index >= 15 is 0 Å². The summed E-state index contributed by atoms with van der Waals surface area (Å²) in [4.78, 5) is 22.2. The minimum absolute atomic E-state index is 0.243. The molecule has 1 amide bonds. The average molecular weight is 710 g/mol. The van der Waals surface area contributed by atoms with Crippen LogP contribution in [0.5, 0.6) is 0 Å². The van der Waals surface area contributed by atoms with Crippen molar-refractivity contribution in [2.45, 2.75) is 20.4 Å². The van der Waals surface area contributed by atoms with Gasteiger partial charge < -0.3 is 19.4 Å². The number of carbonyl (C=O) groups excluding carboxylic acids is 1. The third-order valence-corrected chi connectivity index (χ3v) is 8.98. The number of rotatable bonds is 7. The Morgan fingerprint density at radius 3 is 1.92 bits per heavy atom. The van der Waals surface area contributed by atoms with Crippen molar-refractivity contribution in [3.05, 3.63) is 178 Å². The molecule has 0 fully saturated rings. The number of hydrogen-bond acceptors (Lipinski definition) is 4. The van der Waals surface area contributed by atoms with Crippen molar-refractivity contribution in [2.24, 2.45) is 0 Å². The first-order valence-corrected chi connectivity index (χ1v) is 17.2. The Bertz CT molecular complexity index is 2440. The largest absolute Gasteiger partial charge is 0.378 e. The van der Waals surface area contributed by atoms with Crippen molar-refractivity contribution in [1.82, 2.24) is 18.8 Å².